The molecule has 0 spiro atoms. The molecule has 0 amide bonds. The second-order valence-corrected chi connectivity index (χ2v) is 4.39. The van der Waals surface area contributed by atoms with Crippen molar-refractivity contribution in [2.75, 3.05) is 0 Å². The lowest BCUT2D eigenvalue weighted by molar-refractivity contribution is -0.385. The Bertz CT molecular complexity index is 340. The molecule has 3 nitrogen and oxygen atoms in total. The Morgan fingerprint density at radius 2 is 2.17 bits per heavy atom. The number of nitrogens with zero attached hydrogens (tertiary/aromatic N) is 1. The van der Waals surface area contributed by atoms with Gasteiger partial charge >= 0.3 is 0 Å². The predicted molar refractivity (Wildman–Crippen MR) is 58.3 cm³/mol. The van der Waals surface area contributed by atoms with Crippen LogP contribution in [0.3, 0.4) is 0 Å². The highest BCUT2D eigenvalue weighted by Gasteiger charge is 2.13. The molecule has 0 aliphatic rings. The molecule has 0 aromatic heterocycles. The molecule has 0 atom stereocenters. The summed E-state index contributed by atoms with van der Waals surface area (Å²) in [4.78, 5) is 10.1. The SMILES string of the molecule is Cc1c(Br)cc(I)cc1[N+](=O)[O-]. The number of benzene rings is 1. The highest BCUT2D eigenvalue weighted by atomic mass is 127. The molecule has 0 aliphatic carbocycles. The minimum Gasteiger partial charge on any atom is -0.258 e. The first-order chi connectivity index (χ1) is 5.52. The van der Waals surface area contributed by atoms with Gasteiger partial charge in [-0.3, -0.25) is 10.1 Å². The lowest BCUT2D eigenvalue weighted by atomic mass is 10.2. The molecule has 64 valence electrons. The number of hydrogen-bond acceptors (Lipinski definition) is 2. The Morgan fingerprint density at radius 1 is 1.58 bits per heavy atom. The first kappa shape index (κ1) is 9.91. The Labute approximate surface area is 91.6 Å². The molecule has 0 aliphatic heterocycles. The lowest BCUT2D eigenvalue weighted by Crippen LogP contribution is -1.93. The fraction of sp³-hybridized carbons (Fsp3) is 0.143. The summed E-state index contributed by atoms with van der Waals surface area (Å²) in [6.07, 6.45) is 0. The van der Waals surface area contributed by atoms with E-state index in [9.17, 15) is 10.1 Å². The molecule has 0 heterocycles. The van der Waals surface area contributed by atoms with E-state index in [2.05, 4.69) is 15.9 Å². The molecule has 0 unspecified atom stereocenters. The first-order valence-electron chi connectivity index (χ1n) is 3.12. The number of halogens is 2. The average Bonchev–Trinajstić information content (AvgIpc) is 1.96. The van der Waals surface area contributed by atoms with E-state index >= 15 is 0 Å². The highest BCUT2D eigenvalue weighted by molar-refractivity contribution is 14.1. The Kier molecular flexibility index (Phi) is 3.05. The zero-order valence-corrected chi connectivity index (χ0v) is 9.92. The average molecular weight is 342 g/mol. The van der Waals surface area contributed by atoms with Crippen LogP contribution >= 0.6 is 38.5 Å². The van der Waals surface area contributed by atoms with Crippen LogP contribution in [0.25, 0.3) is 0 Å². The summed E-state index contributed by atoms with van der Waals surface area (Å²) < 4.78 is 1.64. The van der Waals surface area contributed by atoms with E-state index in [4.69, 9.17) is 0 Å². The van der Waals surface area contributed by atoms with Crippen molar-refractivity contribution >= 4 is 44.2 Å². The quantitative estimate of drug-likeness (QED) is 0.447. The maximum Gasteiger partial charge on any atom is 0.274 e. The van der Waals surface area contributed by atoms with E-state index in [1.54, 1.807) is 13.0 Å². The molecule has 1 rings (SSSR count). The minimum atomic E-state index is -0.373. The molecule has 0 fully saturated rings. The van der Waals surface area contributed by atoms with Crippen LogP contribution in [-0.2, 0) is 0 Å². The van der Waals surface area contributed by atoms with Gasteiger partial charge in [0, 0.05) is 19.7 Å². The summed E-state index contributed by atoms with van der Waals surface area (Å²) in [7, 11) is 0. The summed E-state index contributed by atoms with van der Waals surface area (Å²) in [5, 5.41) is 10.5. The zero-order valence-electron chi connectivity index (χ0n) is 6.17. The standard InChI is InChI=1S/C7H5BrINO2/c1-4-6(8)2-5(9)3-7(4)10(11)12/h2-3H,1H3. The molecule has 1 aromatic rings. The summed E-state index contributed by atoms with van der Waals surface area (Å²) in [6.45, 7) is 1.72. The third-order valence-electron chi connectivity index (χ3n) is 1.48. The summed E-state index contributed by atoms with van der Waals surface area (Å²) >= 11 is 5.30. The summed E-state index contributed by atoms with van der Waals surface area (Å²) in [6, 6.07) is 3.41. The van der Waals surface area contributed by atoms with E-state index in [-0.39, 0.29) is 10.6 Å². The van der Waals surface area contributed by atoms with Crippen molar-refractivity contribution in [3.05, 3.63) is 35.9 Å². The molecule has 0 N–H and O–H groups in total. The van der Waals surface area contributed by atoms with Gasteiger partial charge in [-0.2, -0.15) is 0 Å². The van der Waals surface area contributed by atoms with Crippen molar-refractivity contribution < 1.29 is 4.92 Å². The molecule has 0 saturated carbocycles. The van der Waals surface area contributed by atoms with Crippen LogP contribution in [0, 0.1) is 20.6 Å². The van der Waals surface area contributed by atoms with Crippen molar-refractivity contribution in [3.63, 3.8) is 0 Å². The topological polar surface area (TPSA) is 43.1 Å². The maximum atomic E-state index is 10.5. The molecule has 0 bridgehead atoms. The summed E-state index contributed by atoms with van der Waals surface area (Å²) in [5.41, 5.74) is 0.828. The van der Waals surface area contributed by atoms with E-state index in [1.165, 1.54) is 0 Å². The van der Waals surface area contributed by atoms with Gasteiger partial charge in [0.2, 0.25) is 0 Å². The Morgan fingerprint density at radius 3 is 2.67 bits per heavy atom. The van der Waals surface area contributed by atoms with E-state index in [1.807, 2.05) is 28.7 Å². The van der Waals surface area contributed by atoms with Crippen LogP contribution in [0.1, 0.15) is 5.56 Å². The van der Waals surface area contributed by atoms with Crippen LogP contribution in [-0.4, -0.2) is 4.92 Å². The van der Waals surface area contributed by atoms with Gasteiger partial charge in [-0.15, -0.1) is 0 Å². The van der Waals surface area contributed by atoms with Gasteiger partial charge in [0.05, 0.1) is 4.92 Å². The normalized spacial score (nSPS) is 9.92. The number of rotatable bonds is 1. The van der Waals surface area contributed by atoms with Gasteiger partial charge in [-0.25, -0.2) is 0 Å². The van der Waals surface area contributed by atoms with Gasteiger partial charge in [0.25, 0.3) is 5.69 Å². The van der Waals surface area contributed by atoms with Crippen molar-refractivity contribution in [2.24, 2.45) is 0 Å². The van der Waals surface area contributed by atoms with Gasteiger partial charge in [0.15, 0.2) is 0 Å². The minimum absolute atomic E-state index is 0.161. The number of nitro benzene ring substituents is 1. The van der Waals surface area contributed by atoms with Crippen molar-refractivity contribution in [1.29, 1.82) is 0 Å². The van der Waals surface area contributed by atoms with Crippen molar-refractivity contribution in [1.82, 2.24) is 0 Å². The zero-order chi connectivity index (χ0) is 9.30. The lowest BCUT2D eigenvalue weighted by Gasteiger charge is -2.00. The third kappa shape index (κ3) is 1.95. The van der Waals surface area contributed by atoms with Crippen LogP contribution in [0.5, 0.6) is 0 Å². The van der Waals surface area contributed by atoms with Crippen LogP contribution < -0.4 is 0 Å². The van der Waals surface area contributed by atoms with Crippen LogP contribution in [0.4, 0.5) is 5.69 Å². The van der Waals surface area contributed by atoms with Crippen molar-refractivity contribution in [3.8, 4) is 0 Å². The highest BCUT2D eigenvalue weighted by Crippen LogP contribution is 2.28. The summed E-state index contributed by atoms with van der Waals surface area (Å²) in [5.74, 6) is 0. The van der Waals surface area contributed by atoms with Gasteiger partial charge in [0.1, 0.15) is 0 Å². The largest absolute Gasteiger partial charge is 0.274 e. The smallest absolute Gasteiger partial charge is 0.258 e. The predicted octanol–water partition coefficient (Wildman–Crippen LogP) is 3.27. The fourth-order valence-electron chi connectivity index (χ4n) is 0.822. The number of hydrogen-bond donors (Lipinski definition) is 0. The second kappa shape index (κ2) is 3.69. The van der Waals surface area contributed by atoms with E-state index in [0.29, 0.717) is 5.56 Å². The Hall–Kier alpha value is -0.170. The third-order valence-corrected chi connectivity index (χ3v) is 2.92. The molecule has 5 heteroatoms. The van der Waals surface area contributed by atoms with Gasteiger partial charge in [-0.05, 0) is 35.6 Å². The Balaban J connectivity index is 3.37. The van der Waals surface area contributed by atoms with Gasteiger partial charge < -0.3 is 0 Å². The van der Waals surface area contributed by atoms with Gasteiger partial charge in [-0.1, -0.05) is 15.9 Å². The number of nitro groups is 1. The van der Waals surface area contributed by atoms with Crippen molar-refractivity contribution in [2.45, 2.75) is 6.92 Å². The van der Waals surface area contributed by atoms with E-state index < -0.39 is 0 Å². The fourth-order valence-corrected chi connectivity index (χ4v) is 2.31. The maximum absolute atomic E-state index is 10.5. The first-order valence-corrected chi connectivity index (χ1v) is 4.99. The molecule has 12 heavy (non-hydrogen) atoms. The monoisotopic (exact) mass is 341 g/mol. The van der Waals surface area contributed by atoms with Crippen LogP contribution in [0.15, 0.2) is 16.6 Å². The second-order valence-electron chi connectivity index (χ2n) is 2.29. The van der Waals surface area contributed by atoms with E-state index in [0.717, 1.165) is 8.04 Å². The molecular weight excluding hydrogens is 337 g/mol. The molecule has 0 radical (unpaired) electrons. The molecular formula is C7H5BrINO2. The van der Waals surface area contributed by atoms with Crippen LogP contribution in [0.2, 0.25) is 0 Å². The molecule has 1 aromatic carbocycles. The molecule has 0 saturated heterocycles.